The molecule has 1 amide bonds. The van der Waals surface area contributed by atoms with Crippen LogP contribution in [0.4, 0.5) is 4.79 Å². The van der Waals surface area contributed by atoms with Crippen molar-refractivity contribution in [3.05, 3.63) is 28.7 Å². The third-order valence-electron chi connectivity index (χ3n) is 3.41. The number of hydrogen-bond donors (Lipinski definition) is 0. The maximum Gasteiger partial charge on any atom is 0.410 e. The van der Waals surface area contributed by atoms with E-state index < -0.39 is 12.7 Å². The molecule has 1 aliphatic heterocycles. The lowest BCUT2D eigenvalue weighted by molar-refractivity contribution is 0.0267. The van der Waals surface area contributed by atoms with Crippen LogP contribution in [-0.2, 0) is 9.30 Å². The number of amides is 1. The van der Waals surface area contributed by atoms with Gasteiger partial charge in [-0.3, -0.25) is 0 Å². The second kappa shape index (κ2) is 6.13. The monoisotopic (exact) mass is 373 g/mol. The topological polar surface area (TPSA) is 46.6 Å². The summed E-state index contributed by atoms with van der Waals surface area (Å²) >= 11 is 3.38. The minimum Gasteiger partial charge on any atom is -0.444 e. The largest absolute Gasteiger partial charge is 0.444 e. The fraction of sp³-hybridized carbons (Fsp3) is 0.533. The van der Waals surface area contributed by atoms with Crippen molar-refractivity contribution < 1.29 is 14.1 Å². The molecule has 0 radical (unpaired) electrons. The summed E-state index contributed by atoms with van der Waals surface area (Å²) in [7, 11) is -2.38. The molecule has 0 aromatic heterocycles. The van der Waals surface area contributed by atoms with Crippen LogP contribution in [0, 0.1) is 0 Å². The number of carbonyl (C=O) groups is 1. The molecule has 1 aliphatic rings. The van der Waals surface area contributed by atoms with Crippen LogP contribution < -0.4 is 5.30 Å². The summed E-state index contributed by atoms with van der Waals surface area (Å²) in [6, 6.07) is 7.65. The normalized spacial score (nSPS) is 18.4. The number of carbonyl (C=O) groups excluding carboxylic acids is 1. The van der Waals surface area contributed by atoms with Gasteiger partial charge in [-0.25, -0.2) is 4.79 Å². The first-order valence-corrected chi connectivity index (χ1v) is 9.89. The standard InChI is InChI=1S/C15H21BrNO3P/c1-15(2,3)20-14(18)17-8-10-21(19,11-9-17)13-6-4-12(16)5-7-13/h4-7H,8-11H2,1-3H3. The van der Waals surface area contributed by atoms with Crippen LogP contribution in [-0.4, -0.2) is 42.0 Å². The van der Waals surface area contributed by atoms with Gasteiger partial charge in [0.2, 0.25) is 0 Å². The molecule has 1 fully saturated rings. The molecule has 1 aromatic carbocycles. The van der Waals surface area contributed by atoms with Crippen LogP contribution in [0.15, 0.2) is 28.7 Å². The molecule has 0 aliphatic carbocycles. The predicted octanol–water partition coefficient (Wildman–Crippen LogP) is 3.69. The van der Waals surface area contributed by atoms with Crippen LogP contribution in [0.5, 0.6) is 0 Å². The third-order valence-corrected chi connectivity index (χ3v) is 7.02. The number of benzene rings is 1. The molecule has 0 saturated carbocycles. The fourth-order valence-corrected chi connectivity index (χ4v) is 5.09. The molecule has 21 heavy (non-hydrogen) atoms. The Labute approximate surface area is 134 Å². The molecule has 0 unspecified atom stereocenters. The van der Waals surface area contributed by atoms with Gasteiger partial charge in [-0.1, -0.05) is 28.1 Å². The average Bonchev–Trinajstić information content (AvgIpc) is 2.38. The summed E-state index contributed by atoms with van der Waals surface area (Å²) in [5.74, 6) is 0. The smallest absolute Gasteiger partial charge is 0.410 e. The zero-order valence-corrected chi connectivity index (χ0v) is 15.1. The van der Waals surface area contributed by atoms with Crippen molar-refractivity contribution in [3.63, 3.8) is 0 Å². The van der Waals surface area contributed by atoms with E-state index in [-0.39, 0.29) is 6.09 Å². The molecule has 6 heteroatoms. The number of hydrogen-bond acceptors (Lipinski definition) is 3. The second-order valence-electron chi connectivity index (χ2n) is 6.28. The number of rotatable bonds is 1. The van der Waals surface area contributed by atoms with Crippen LogP contribution in [0.25, 0.3) is 0 Å². The Balaban J connectivity index is 2.01. The van der Waals surface area contributed by atoms with E-state index in [0.717, 1.165) is 9.78 Å². The van der Waals surface area contributed by atoms with Crippen molar-refractivity contribution in [1.82, 2.24) is 4.90 Å². The second-order valence-corrected chi connectivity index (χ2v) is 10.4. The molecule has 0 atom stereocenters. The summed E-state index contributed by atoms with van der Waals surface area (Å²) in [4.78, 5) is 13.7. The lowest BCUT2D eigenvalue weighted by atomic mass is 10.2. The van der Waals surface area contributed by atoms with E-state index in [1.54, 1.807) is 4.90 Å². The molecule has 1 heterocycles. The molecule has 0 bridgehead atoms. The Kier molecular flexibility index (Phi) is 4.84. The highest BCUT2D eigenvalue weighted by molar-refractivity contribution is 9.10. The van der Waals surface area contributed by atoms with Crippen LogP contribution >= 0.6 is 23.1 Å². The lowest BCUT2D eigenvalue weighted by Crippen LogP contribution is -2.43. The van der Waals surface area contributed by atoms with Crippen molar-refractivity contribution in [2.24, 2.45) is 0 Å². The molecular formula is C15H21BrNO3P. The summed E-state index contributed by atoms with van der Waals surface area (Å²) in [5, 5.41) is 0.898. The highest BCUT2D eigenvalue weighted by Crippen LogP contribution is 2.46. The number of halogens is 1. The van der Waals surface area contributed by atoms with Gasteiger partial charge in [-0.15, -0.1) is 0 Å². The van der Waals surface area contributed by atoms with Gasteiger partial charge in [0.25, 0.3) is 0 Å². The third kappa shape index (κ3) is 4.33. The van der Waals surface area contributed by atoms with Gasteiger partial charge in [0.1, 0.15) is 12.7 Å². The molecular weight excluding hydrogens is 353 g/mol. The highest BCUT2D eigenvalue weighted by atomic mass is 79.9. The zero-order valence-electron chi connectivity index (χ0n) is 12.6. The van der Waals surface area contributed by atoms with E-state index in [2.05, 4.69) is 15.9 Å². The zero-order chi connectivity index (χ0) is 15.7. The fourth-order valence-electron chi connectivity index (χ4n) is 2.27. The lowest BCUT2D eigenvalue weighted by Gasteiger charge is -2.33. The maximum atomic E-state index is 13.0. The van der Waals surface area contributed by atoms with Crippen LogP contribution in [0.2, 0.25) is 0 Å². The number of ether oxygens (including phenoxy) is 1. The van der Waals surface area contributed by atoms with Gasteiger partial charge >= 0.3 is 6.09 Å². The Hall–Kier alpha value is -0.800. The molecule has 0 spiro atoms. The minimum atomic E-state index is -2.38. The summed E-state index contributed by atoms with van der Waals surface area (Å²) in [6.45, 7) is 6.52. The SMILES string of the molecule is CC(C)(C)OC(=O)N1CCP(=O)(c2ccc(Br)cc2)CC1. The number of nitrogens with zero attached hydrogens (tertiary/aromatic N) is 1. The summed E-state index contributed by atoms with van der Waals surface area (Å²) in [6.07, 6.45) is 0.728. The predicted molar refractivity (Wildman–Crippen MR) is 88.9 cm³/mol. The van der Waals surface area contributed by atoms with E-state index in [4.69, 9.17) is 4.74 Å². The first-order valence-electron chi connectivity index (χ1n) is 7.02. The van der Waals surface area contributed by atoms with Crippen LogP contribution in [0.3, 0.4) is 0 Å². The van der Waals surface area contributed by atoms with Gasteiger partial charge in [-0.05, 0) is 32.9 Å². The quantitative estimate of drug-likeness (QED) is 0.705. The minimum absolute atomic E-state index is 0.315. The molecule has 116 valence electrons. The van der Waals surface area contributed by atoms with Crippen LogP contribution in [0.1, 0.15) is 20.8 Å². The van der Waals surface area contributed by atoms with Gasteiger partial charge in [0, 0.05) is 35.2 Å². The van der Waals surface area contributed by atoms with Gasteiger partial charge < -0.3 is 14.2 Å². The van der Waals surface area contributed by atoms with Crippen molar-refractivity contribution in [2.45, 2.75) is 26.4 Å². The highest BCUT2D eigenvalue weighted by Gasteiger charge is 2.33. The van der Waals surface area contributed by atoms with E-state index in [1.807, 2.05) is 45.0 Å². The summed E-state index contributed by atoms with van der Waals surface area (Å²) < 4.78 is 19.3. The Morgan fingerprint density at radius 1 is 1.19 bits per heavy atom. The molecule has 1 saturated heterocycles. The average molecular weight is 374 g/mol. The van der Waals surface area contributed by atoms with E-state index in [0.29, 0.717) is 25.4 Å². The van der Waals surface area contributed by atoms with Gasteiger partial charge in [0.15, 0.2) is 0 Å². The Bertz CT molecular complexity index is 553. The van der Waals surface area contributed by atoms with Gasteiger partial charge in [-0.2, -0.15) is 0 Å². The Morgan fingerprint density at radius 2 is 1.71 bits per heavy atom. The molecule has 4 nitrogen and oxygen atoms in total. The van der Waals surface area contributed by atoms with Crippen molar-refractivity contribution >= 4 is 34.5 Å². The first kappa shape index (κ1) is 16.6. The summed E-state index contributed by atoms with van der Waals surface area (Å²) in [5.41, 5.74) is -0.496. The molecule has 1 aromatic rings. The van der Waals surface area contributed by atoms with E-state index >= 15 is 0 Å². The maximum absolute atomic E-state index is 13.0. The Morgan fingerprint density at radius 3 is 2.19 bits per heavy atom. The van der Waals surface area contributed by atoms with Crippen molar-refractivity contribution in [3.8, 4) is 0 Å². The van der Waals surface area contributed by atoms with Gasteiger partial charge in [0.05, 0.1) is 0 Å². The van der Waals surface area contributed by atoms with E-state index in [9.17, 15) is 9.36 Å². The molecule has 2 rings (SSSR count). The van der Waals surface area contributed by atoms with Crippen molar-refractivity contribution in [1.29, 1.82) is 0 Å². The van der Waals surface area contributed by atoms with E-state index in [1.165, 1.54) is 0 Å². The molecule has 0 N–H and O–H groups in total. The first-order chi connectivity index (χ1) is 9.70. The van der Waals surface area contributed by atoms with Crippen molar-refractivity contribution in [2.75, 3.05) is 25.4 Å².